The van der Waals surface area contributed by atoms with Crippen molar-refractivity contribution in [3.8, 4) is 0 Å². The number of carbonyl (C=O) groups excluding carboxylic acids is 1. The van der Waals surface area contributed by atoms with Crippen molar-refractivity contribution in [2.75, 3.05) is 13.2 Å². The van der Waals surface area contributed by atoms with Crippen LogP contribution < -0.4 is 10.6 Å². The Morgan fingerprint density at radius 1 is 1.30 bits per heavy atom. The fraction of sp³-hybridized carbons (Fsp3) is 0.524. The molecule has 1 saturated heterocycles. The van der Waals surface area contributed by atoms with Crippen LogP contribution in [-0.4, -0.2) is 35.0 Å². The van der Waals surface area contributed by atoms with Gasteiger partial charge in [0.2, 0.25) is 0 Å². The van der Waals surface area contributed by atoms with E-state index in [0.29, 0.717) is 24.5 Å². The number of ether oxygens (including phenoxy) is 1. The molecule has 2 fully saturated rings. The second-order valence-corrected chi connectivity index (χ2v) is 7.90. The zero-order chi connectivity index (χ0) is 18.8. The zero-order valence-electron chi connectivity index (χ0n) is 16.0. The fourth-order valence-corrected chi connectivity index (χ4v) is 3.87. The van der Waals surface area contributed by atoms with Gasteiger partial charge in [-0.3, -0.25) is 4.68 Å². The average Bonchev–Trinajstić information content (AvgIpc) is 3.03. The molecule has 0 spiro atoms. The number of amides is 2. The summed E-state index contributed by atoms with van der Waals surface area (Å²) in [4.78, 5) is 12.4. The number of nitrogens with zero attached hydrogens (tertiary/aromatic N) is 2. The molecule has 1 aliphatic carbocycles. The van der Waals surface area contributed by atoms with Gasteiger partial charge in [-0.1, -0.05) is 30.3 Å². The summed E-state index contributed by atoms with van der Waals surface area (Å²) >= 11 is 0. The van der Waals surface area contributed by atoms with Crippen molar-refractivity contribution in [3.05, 3.63) is 53.9 Å². The average molecular weight is 368 g/mol. The van der Waals surface area contributed by atoms with Gasteiger partial charge in [-0.25, -0.2) is 4.79 Å². The van der Waals surface area contributed by atoms with Gasteiger partial charge < -0.3 is 15.4 Å². The van der Waals surface area contributed by atoms with E-state index in [0.717, 1.165) is 24.9 Å². The maximum atomic E-state index is 12.4. The Labute approximate surface area is 160 Å². The normalized spacial score (nSPS) is 26.9. The van der Waals surface area contributed by atoms with Crippen LogP contribution in [0.5, 0.6) is 0 Å². The Kier molecular flexibility index (Phi) is 5.16. The number of carbonyl (C=O) groups is 1. The third-order valence-electron chi connectivity index (χ3n) is 5.56. The largest absolute Gasteiger partial charge is 0.371 e. The Hall–Kier alpha value is -2.34. The lowest BCUT2D eigenvalue weighted by Crippen LogP contribution is -2.44. The molecule has 2 N–H and O–H groups in total. The van der Waals surface area contributed by atoms with E-state index >= 15 is 0 Å². The Morgan fingerprint density at radius 2 is 2.11 bits per heavy atom. The molecule has 2 heterocycles. The van der Waals surface area contributed by atoms with Crippen LogP contribution in [0.2, 0.25) is 0 Å². The van der Waals surface area contributed by atoms with Crippen LogP contribution >= 0.6 is 0 Å². The highest BCUT2D eigenvalue weighted by Gasteiger charge is 2.38. The van der Waals surface area contributed by atoms with Crippen molar-refractivity contribution in [3.63, 3.8) is 0 Å². The first-order chi connectivity index (χ1) is 13.1. The van der Waals surface area contributed by atoms with Crippen LogP contribution in [0.1, 0.15) is 55.9 Å². The van der Waals surface area contributed by atoms with Gasteiger partial charge in [0.25, 0.3) is 0 Å². The molecule has 4 rings (SSSR count). The van der Waals surface area contributed by atoms with Crippen LogP contribution in [-0.2, 0) is 4.74 Å². The minimum Gasteiger partial charge on any atom is -0.371 e. The first kappa shape index (κ1) is 18.0. The van der Waals surface area contributed by atoms with E-state index in [1.54, 1.807) is 0 Å². The third-order valence-corrected chi connectivity index (χ3v) is 5.56. The van der Waals surface area contributed by atoms with E-state index in [1.165, 1.54) is 5.56 Å². The summed E-state index contributed by atoms with van der Waals surface area (Å²) in [7, 11) is 0. The van der Waals surface area contributed by atoms with E-state index < -0.39 is 0 Å². The van der Waals surface area contributed by atoms with E-state index in [9.17, 15) is 4.79 Å². The second kappa shape index (κ2) is 7.72. The number of hydrogen-bond acceptors (Lipinski definition) is 3. The lowest BCUT2D eigenvalue weighted by molar-refractivity contribution is 0.0998. The van der Waals surface area contributed by atoms with Gasteiger partial charge in [0.05, 0.1) is 12.2 Å². The summed E-state index contributed by atoms with van der Waals surface area (Å²) < 4.78 is 7.78. The number of urea groups is 1. The van der Waals surface area contributed by atoms with Crippen molar-refractivity contribution < 1.29 is 9.53 Å². The molecular weight excluding hydrogens is 340 g/mol. The molecule has 4 atom stereocenters. The monoisotopic (exact) mass is 368 g/mol. The third kappa shape index (κ3) is 4.16. The molecular formula is C21H28N4O2. The standard InChI is InChI=1S/C21H28N4O2/c1-14(2)25-13-17(12-23-25)20-19(8-9-27-20)24-21(26)22-11-16-10-18(16)15-6-4-3-5-7-15/h3-7,12-14,16,18-20H,8-11H2,1-2H3,(H2,22,24,26)/t16-,18-,19-,20+/m1/s1. The molecule has 0 unspecified atom stereocenters. The molecule has 1 aromatic heterocycles. The topological polar surface area (TPSA) is 68.2 Å². The predicted molar refractivity (Wildman–Crippen MR) is 104 cm³/mol. The van der Waals surface area contributed by atoms with Gasteiger partial charge in [0, 0.05) is 31.0 Å². The molecule has 27 heavy (non-hydrogen) atoms. The quantitative estimate of drug-likeness (QED) is 0.821. The van der Waals surface area contributed by atoms with Gasteiger partial charge in [-0.2, -0.15) is 5.10 Å². The maximum Gasteiger partial charge on any atom is 0.315 e. The van der Waals surface area contributed by atoms with Crippen molar-refractivity contribution >= 4 is 6.03 Å². The Bertz CT molecular complexity index is 773. The SMILES string of the molecule is CC(C)n1cc([C@@H]2OCC[C@H]2NC(=O)NC[C@H]2C[C@@H]2c2ccccc2)cn1. The predicted octanol–water partition coefficient (Wildman–Crippen LogP) is 3.40. The lowest BCUT2D eigenvalue weighted by atomic mass is 10.1. The highest BCUT2D eigenvalue weighted by atomic mass is 16.5. The van der Waals surface area contributed by atoms with Gasteiger partial charge in [-0.15, -0.1) is 0 Å². The van der Waals surface area contributed by atoms with Gasteiger partial charge in [-0.05, 0) is 44.1 Å². The van der Waals surface area contributed by atoms with Gasteiger partial charge in [0.1, 0.15) is 6.10 Å². The Morgan fingerprint density at radius 3 is 2.85 bits per heavy atom. The van der Waals surface area contributed by atoms with Crippen molar-refractivity contribution in [2.45, 2.75) is 50.8 Å². The molecule has 144 valence electrons. The van der Waals surface area contributed by atoms with Crippen molar-refractivity contribution in [1.29, 1.82) is 0 Å². The van der Waals surface area contributed by atoms with Gasteiger partial charge in [0.15, 0.2) is 0 Å². The van der Waals surface area contributed by atoms with E-state index in [-0.39, 0.29) is 18.2 Å². The molecule has 0 radical (unpaired) electrons. The number of rotatable bonds is 6. The zero-order valence-corrected chi connectivity index (χ0v) is 16.0. The minimum absolute atomic E-state index is 0.0149. The summed E-state index contributed by atoms with van der Waals surface area (Å²) in [5.74, 6) is 1.12. The van der Waals surface area contributed by atoms with Crippen LogP contribution in [0, 0.1) is 5.92 Å². The minimum atomic E-state index is -0.124. The molecule has 1 aromatic carbocycles. The van der Waals surface area contributed by atoms with Crippen molar-refractivity contribution in [2.24, 2.45) is 5.92 Å². The first-order valence-corrected chi connectivity index (χ1v) is 9.87. The molecule has 0 bridgehead atoms. The molecule has 1 aliphatic heterocycles. The first-order valence-electron chi connectivity index (χ1n) is 9.87. The summed E-state index contributed by atoms with van der Waals surface area (Å²) in [5, 5.41) is 10.5. The lowest BCUT2D eigenvalue weighted by Gasteiger charge is -2.19. The molecule has 1 saturated carbocycles. The highest BCUT2D eigenvalue weighted by Crippen LogP contribution is 2.46. The summed E-state index contributed by atoms with van der Waals surface area (Å²) in [5.41, 5.74) is 2.40. The maximum absolute atomic E-state index is 12.4. The number of benzene rings is 1. The second-order valence-electron chi connectivity index (χ2n) is 7.90. The van der Waals surface area contributed by atoms with Crippen molar-refractivity contribution in [1.82, 2.24) is 20.4 Å². The highest BCUT2D eigenvalue weighted by molar-refractivity contribution is 5.74. The number of hydrogen-bond donors (Lipinski definition) is 2. The molecule has 2 aromatic rings. The van der Waals surface area contributed by atoms with Gasteiger partial charge >= 0.3 is 6.03 Å². The Balaban J connectivity index is 1.26. The van der Waals surface area contributed by atoms with Crippen LogP contribution in [0.3, 0.4) is 0 Å². The molecule has 2 amide bonds. The number of aromatic nitrogens is 2. The molecule has 6 nitrogen and oxygen atoms in total. The fourth-order valence-electron chi connectivity index (χ4n) is 3.87. The summed E-state index contributed by atoms with van der Waals surface area (Å²) in [6, 6.07) is 10.7. The summed E-state index contributed by atoms with van der Waals surface area (Å²) in [6.07, 6.45) is 5.70. The van der Waals surface area contributed by atoms with Crippen LogP contribution in [0.4, 0.5) is 4.79 Å². The molecule has 2 aliphatic rings. The number of nitrogens with one attached hydrogen (secondary N) is 2. The van der Waals surface area contributed by atoms with Crippen LogP contribution in [0.15, 0.2) is 42.7 Å². The summed E-state index contributed by atoms with van der Waals surface area (Å²) in [6.45, 7) is 5.56. The van der Waals surface area contributed by atoms with E-state index in [2.05, 4.69) is 53.8 Å². The molecule has 6 heteroatoms. The smallest absolute Gasteiger partial charge is 0.315 e. The van der Waals surface area contributed by atoms with E-state index in [4.69, 9.17) is 4.74 Å². The van der Waals surface area contributed by atoms with Crippen LogP contribution in [0.25, 0.3) is 0 Å². The van der Waals surface area contributed by atoms with E-state index in [1.807, 2.05) is 23.1 Å².